The zero-order chi connectivity index (χ0) is 23.8. The van der Waals surface area contributed by atoms with Crippen LogP contribution in [0.3, 0.4) is 0 Å². The first kappa shape index (κ1) is 23.4. The van der Waals surface area contributed by atoms with Crippen molar-refractivity contribution in [3.8, 4) is 0 Å². The van der Waals surface area contributed by atoms with E-state index in [1.54, 1.807) is 43.3 Å². The van der Waals surface area contributed by atoms with Crippen LogP contribution in [0.4, 0.5) is 5.69 Å². The average molecular weight is 491 g/mol. The second kappa shape index (κ2) is 9.22. The Morgan fingerprint density at radius 1 is 1.24 bits per heavy atom. The summed E-state index contributed by atoms with van der Waals surface area (Å²) in [5, 5.41) is 11.5. The van der Waals surface area contributed by atoms with E-state index in [4.69, 9.17) is 16.3 Å². The molecule has 0 unspecified atom stereocenters. The minimum atomic E-state index is -3.66. The van der Waals surface area contributed by atoms with Gasteiger partial charge in [-0.2, -0.15) is 4.31 Å². The number of nitro groups is 1. The minimum Gasteiger partial charge on any atom is -0.379 e. The maximum absolute atomic E-state index is 13.0. The molecule has 1 aromatic heterocycles. The van der Waals surface area contributed by atoms with Gasteiger partial charge in [0, 0.05) is 31.3 Å². The van der Waals surface area contributed by atoms with Crippen LogP contribution in [0.5, 0.6) is 0 Å². The smallest absolute Gasteiger partial charge is 0.272 e. The van der Waals surface area contributed by atoms with Crippen molar-refractivity contribution < 1.29 is 18.1 Å². The summed E-state index contributed by atoms with van der Waals surface area (Å²) in [5.74, 6) is 0.457. The van der Waals surface area contributed by atoms with Crippen LogP contribution in [-0.2, 0) is 21.3 Å². The van der Waals surface area contributed by atoms with Gasteiger partial charge in [0.15, 0.2) is 5.82 Å². The van der Waals surface area contributed by atoms with Crippen molar-refractivity contribution in [1.82, 2.24) is 13.9 Å². The average Bonchev–Trinajstić information content (AvgIpc) is 3.18. The summed E-state index contributed by atoms with van der Waals surface area (Å²) in [5.41, 5.74) is 2.39. The van der Waals surface area contributed by atoms with Crippen molar-refractivity contribution >= 4 is 49.5 Å². The molecule has 0 atom stereocenters. The molecule has 1 aliphatic heterocycles. The molecule has 4 rings (SSSR count). The van der Waals surface area contributed by atoms with Crippen LogP contribution in [0.2, 0.25) is 0 Å². The summed E-state index contributed by atoms with van der Waals surface area (Å²) in [6.45, 7) is 5.52. The van der Waals surface area contributed by atoms with Gasteiger partial charge in [-0.15, -0.1) is 0 Å². The van der Waals surface area contributed by atoms with Crippen LogP contribution in [-0.4, -0.2) is 53.5 Å². The van der Waals surface area contributed by atoms with E-state index in [-0.39, 0.29) is 10.6 Å². The molecule has 11 heteroatoms. The Kier molecular flexibility index (Phi) is 6.53. The number of morpholine rings is 1. The van der Waals surface area contributed by atoms with Crippen LogP contribution in [0.15, 0.2) is 41.3 Å². The summed E-state index contributed by atoms with van der Waals surface area (Å²) < 4.78 is 34.6. The van der Waals surface area contributed by atoms with Gasteiger partial charge in [-0.25, -0.2) is 13.4 Å². The van der Waals surface area contributed by atoms with Gasteiger partial charge < -0.3 is 9.30 Å². The number of rotatable bonds is 6. The van der Waals surface area contributed by atoms with Crippen molar-refractivity contribution in [2.75, 3.05) is 26.3 Å². The maximum Gasteiger partial charge on any atom is 0.272 e. The Bertz CT molecular complexity index is 1360. The lowest BCUT2D eigenvalue weighted by atomic mass is 10.1. The van der Waals surface area contributed by atoms with Gasteiger partial charge in [-0.1, -0.05) is 23.7 Å². The number of sulfonamides is 1. The number of hydrogen-bond acceptors (Lipinski definition) is 6. The van der Waals surface area contributed by atoms with Crippen LogP contribution in [0.1, 0.15) is 23.9 Å². The Hall–Kier alpha value is -2.79. The number of aryl methyl sites for hydroxylation is 2. The Balaban J connectivity index is 1.75. The Labute approximate surface area is 196 Å². The fraction of sp³-hybridized carbons (Fsp3) is 0.318. The molecule has 1 aliphatic rings. The van der Waals surface area contributed by atoms with Gasteiger partial charge in [0.1, 0.15) is 0 Å². The van der Waals surface area contributed by atoms with E-state index in [0.717, 1.165) is 5.52 Å². The molecule has 1 saturated heterocycles. The second-order valence-corrected chi connectivity index (χ2v) is 9.99. The van der Waals surface area contributed by atoms with E-state index in [2.05, 4.69) is 4.98 Å². The molecule has 0 radical (unpaired) electrons. The third-order valence-electron chi connectivity index (χ3n) is 5.58. The largest absolute Gasteiger partial charge is 0.379 e. The predicted octanol–water partition coefficient (Wildman–Crippen LogP) is 4.03. The first-order valence-electron chi connectivity index (χ1n) is 10.4. The van der Waals surface area contributed by atoms with E-state index in [1.807, 2.05) is 11.5 Å². The molecule has 0 saturated carbocycles. The summed E-state index contributed by atoms with van der Waals surface area (Å²) in [6.07, 6.45) is 1.62. The highest BCUT2D eigenvalue weighted by Gasteiger charge is 2.27. The predicted molar refractivity (Wildman–Crippen MR) is 127 cm³/mol. The van der Waals surface area contributed by atoms with Gasteiger partial charge >= 0.3 is 0 Å². The molecule has 1 fully saturated rings. The summed E-state index contributed by atoms with van der Waals surface area (Å²) in [6, 6.07) is 9.73. The first-order valence-corrected chi connectivity index (χ1v) is 12.2. The fourth-order valence-corrected chi connectivity index (χ4v) is 5.53. The molecular formula is C22H23ClN4O5S. The number of ether oxygens (including phenoxy) is 1. The van der Waals surface area contributed by atoms with Crippen LogP contribution < -0.4 is 0 Å². The second-order valence-electron chi connectivity index (χ2n) is 7.64. The number of halogens is 1. The maximum atomic E-state index is 13.0. The SMILES string of the molecule is CCn1c(C(Cl)=Cc2ccc(C)c([N+](=O)[O-])c2)nc2cc(S(=O)(=O)N3CCOCC3)ccc21. The van der Waals surface area contributed by atoms with E-state index in [1.165, 1.54) is 10.4 Å². The van der Waals surface area contributed by atoms with E-state index >= 15 is 0 Å². The minimum absolute atomic E-state index is 0.00942. The van der Waals surface area contributed by atoms with Crippen molar-refractivity contribution in [3.63, 3.8) is 0 Å². The van der Waals surface area contributed by atoms with Crippen molar-refractivity contribution in [3.05, 3.63) is 63.5 Å². The number of hydrogen-bond donors (Lipinski definition) is 0. The Morgan fingerprint density at radius 2 is 1.97 bits per heavy atom. The molecule has 174 valence electrons. The van der Waals surface area contributed by atoms with Crippen LogP contribution in [0.25, 0.3) is 22.1 Å². The highest BCUT2D eigenvalue weighted by Crippen LogP contribution is 2.30. The number of imidazole rings is 1. The normalized spacial score (nSPS) is 15.8. The highest BCUT2D eigenvalue weighted by molar-refractivity contribution is 7.89. The van der Waals surface area contributed by atoms with Crippen molar-refractivity contribution in [1.29, 1.82) is 0 Å². The molecule has 0 aliphatic carbocycles. The van der Waals surface area contributed by atoms with Crippen LogP contribution >= 0.6 is 11.6 Å². The number of nitrogens with zero attached hydrogens (tertiary/aromatic N) is 4. The van der Waals surface area contributed by atoms with Gasteiger partial charge in [0.05, 0.1) is 39.1 Å². The molecular weight excluding hydrogens is 468 g/mol. The standard InChI is InChI=1S/C22H23ClN4O5S/c1-3-26-20-7-6-17(33(30,31)25-8-10-32-11-9-25)14-19(20)24-22(26)18(23)12-16-5-4-15(2)21(13-16)27(28)29/h4-7,12-14H,3,8-11H2,1-2H3. The summed E-state index contributed by atoms with van der Waals surface area (Å²) in [4.78, 5) is 15.6. The fourth-order valence-electron chi connectivity index (χ4n) is 3.83. The zero-order valence-corrected chi connectivity index (χ0v) is 19.8. The molecule has 33 heavy (non-hydrogen) atoms. The van der Waals surface area contributed by atoms with E-state index < -0.39 is 14.9 Å². The van der Waals surface area contributed by atoms with E-state index in [9.17, 15) is 18.5 Å². The molecule has 3 aromatic rings. The van der Waals surface area contributed by atoms with Crippen molar-refractivity contribution in [2.45, 2.75) is 25.3 Å². The number of nitro benzene ring substituents is 1. The van der Waals surface area contributed by atoms with Gasteiger partial charge in [-0.05, 0) is 43.7 Å². The lowest BCUT2D eigenvalue weighted by Gasteiger charge is -2.26. The number of fused-ring (bicyclic) bond motifs is 1. The lowest BCUT2D eigenvalue weighted by Crippen LogP contribution is -2.40. The zero-order valence-electron chi connectivity index (χ0n) is 18.2. The van der Waals surface area contributed by atoms with Gasteiger partial charge in [0.25, 0.3) is 5.69 Å². The van der Waals surface area contributed by atoms with Gasteiger partial charge in [0.2, 0.25) is 10.0 Å². The lowest BCUT2D eigenvalue weighted by molar-refractivity contribution is -0.385. The van der Waals surface area contributed by atoms with E-state index in [0.29, 0.717) is 60.3 Å². The quantitative estimate of drug-likeness (QED) is 0.381. The molecule has 2 aromatic carbocycles. The molecule has 0 bridgehead atoms. The molecule has 9 nitrogen and oxygen atoms in total. The topological polar surface area (TPSA) is 108 Å². The summed E-state index contributed by atoms with van der Waals surface area (Å²) >= 11 is 6.59. The van der Waals surface area contributed by atoms with Crippen molar-refractivity contribution in [2.24, 2.45) is 0 Å². The third kappa shape index (κ3) is 4.51. The number of aromatic nitrogens is 2. The first-order chi connectivity index (χ1) is 15.7. The molecule has 0 amide bonds. The highest BCUT2D eigenvalue weighted by atomic mass is 35.5. The third-order valence-corrected chi connectivity index (χ3v) is 7.75. The Morgan fingerprint density at radius 3 is 2.64 bits per heavy atom. The molecule has 2 heterocycles. The number of benzene rings is 2. The molecule has 0 N–H and O–H groups in total. The monoisotopic (exact) mass is 490 g/mol. The van der Waals surface area contributed by atoms with Gasteiger partial charge in [-0.3, -0.25) is 10.1 Å². The van der Waals surface area contributed by atoms with Crippen LogP contribution in [0, 0.1) is 17.0 Å². The molecule has 0 spiro atoms. The summed E-state index contributed by atoms with van der Waals surface area (Å²) in [7, 11) is -3.66.